The first-order valence-electron chi connectivity index (χ1n) is 13.8. The minimum atomic E-state index is -0.715. The van der Waals surface area contributed by atoms with Crippen LogP contribution in [0.2, 0.25) is 0 Å². The van der Waals surface area contributed by atoms with Crippen molar-refractivity contribution in [3.05, 3.63) is 36.3 Å². The number of pyridine rings is 1. The lowest BCUT2D eigenvalue weighted by Crippen LogP contribution is -2.58. The van der Waals surface area contributed by atoms with Crippen molar-refractivity contribution >= 4 is 40.5 Å². The quantitative estimate of drug-likeness (QED) is 0.523. The van der Waals surface area contributed by atoms with Gasteiger partial charge in [0.05, 0.1) is 24.0 Å². The maximum absolute atomic E-state index is 13.6. The van der Waals surface area contributed by atoms with Crippen molar-refractivity contribution in [2.75, 3.05) is 63.2 Å². The van der Waals surface area contributed by atoms with E-state index in [4.69, 9.17) is 14.5 Å². The maximum atomic E-state index is 13.6. The number of imide groups is 1. The van der Waals surface area contributed by atoms with Crippen molar-refractivity contribution in [1.82, 2.24) is 29.3 Å². The predicted octanol–water partition coefficient (Wildman–Crippen LogP) is 3.22. The average molecular weight is 549 g/mol. The van der Waals surface area contributed by atoms with Crippen molar-refractivity contribution < 1.29 is 19.1 Å². The monoisotopic (exact) mass is 548 g/mol. The molecule has 0 unspecified atom stereocenters. The zero-order valence-corrected chi connectivity index (χ0v) is 23.5. The largest absolute Gasteiger partial charge is 0.443 e. The highest BCUT2D eigenvalue weighted by atomic mass is 16.6. The van der Waals surface area contributed by atoms with E-state index in [1.165, 1.54) is 4.90 Å². The highest BCUT2D eigenvalue weighted by molar-refractivity contribution is 6.06. The van der Waals surface area contributed by atoms with Crippen LogP contribution in [0.25, 0.3) is 11.0 Å². The Labute approximate surface area is 233 Å². The van der Waals surface area contributed by atoms with Gasteiger partial charge in [-0.15, -0.1) is 0 Å². The summed E-state index contributed by atoms with van der Waals surface area (Å²) >= 11 is 0. The molecule has 0 saturated carbocycles. The Morgan fingerprint density at radius 2 is 1.82 bits per heavy atom. The zero-order chi connectivity index (χ0) is 28.1. The second-order valence-electron chi connectivity index (χ2n) is 11.9. The number of carbonyl (C=O) groups excluding carboxylic acids is 2. The van der Waals surface area contributed by atoms with E-state index >= 15 is 0 Å². The molecule has 0 radical (unpaired) electrons. The van der Waals surface area contributed by atoms with Crippen LogP contribution in [0.5, 0.6) is 0 Å². The Morgan fingerprint density at radius 3 is 2.50 bits per heavy atom. The number of hydrogen-bond donors (Lipinski definition) is 1. The predicted molar refractivity (Wildman–Crippen MR) is 150 cm³/mol. The number of nitrogens with zero attached hydrogens (tertiary/aromatic N) is 7. The van der Waals surface area contributed by atoms with E-state index in [1.54, 1.807) is 33.0 Å². The lowest BCUT2D eigenvalue weighted by atomic mass is 9.87. The van der Waals surface area contributed by atoms with E-state index in [0.29, 0.717) is 49.2 Å². The summed E-state index contributed by atoms with van der Waals surface area (Å²) in [6, 6.07) is 5.74. The average Bonchev–Trinajstić information content (AvgIpc) is 3.32. The molecule has 1 spiro atoms. The number of nitrogens with one attached hydrogen (secondary N) is 1. The van der Waals surface area contributed by atoms with Gasteiger partial charge in [-0.1, -0.05) is 0 Å². The van der Waals surface area contributed by atoms with Crippen molar-refractivity contribution in [3.8, 4) is 0 Å². The van der Waals surface area contributed by atoms with Gasteiger partial charge in [-0.25, -0.2) is 19.7 Å². The van der Waals surface area contributed by atoms with E-state index in [-0.39, 0.29) is 6.54 Å². The van der Waals surface area contributed by atoms with Crippen LogP contribution in [-0.2, 0) is 15.0 Å². The Bertz CT molecular complexity index is 1420. The van der Waals surface area contributed by atoms with E-state index in [2.05, 4.69) is 38.2 Å². The molecule has 0 aromatic carbocycles. The van der Waals surface area contributed by atoms with Crippen LogP contribution in [-0.4, -0.2) is 99.9 Å². The summed E-state index contributed by atoms with van der Waals surface area (Å²) in [6.45, 7) is 10.6. The molecule has 1 N–H and O–H groups in total. The van der Waals surface area contributed by atoms with Crippen LogP contribution in [0.4, 0.5) is 22.2 Å². The van der Waals surface area contributed by atoms with Gasteiger partial charge in [-0.05, 0) is 58.9 Å². The molecule has 12 nitrogen and oxygen atoms in total. The van der Waals surface area contributed by atoms with E-state index < -0.39 is 23.1 Å². The van der Waals surface area contributed by atoms with Gasteiger partial charge in [0.1, 0.15) is 22.8 Å². The minimum Gasteiger partial charge on any atom is -0.443 e. The fourth-order valence-electron chi connectivity index (χ4n) is 5.69. The third-order valence-electron chi connectivity index (χ3n) is 7.83. The molecule has 3 aliphatic heterocycles. The first-order valence-corrected chi connectivity index (χ1v) is 13.8. The topological polar surface area (TPSA) is 118 Å². The van der Waals surface area contributed by atoms with Gasteiger partial charge >= 0.3 is 6.09 Å². The number of ether oxygens (including phenoxy) is 2. The number of piperazine rings is 1. The smallest absolute Gasteiger partial charge is 0.417 e. The molecule has 2 saturated heterocycles. The van der Waals surface area contributed by atoms with Crippen LogP contribution in [0.15, 0.2) is 30.6 Å². The molecule has 3 aromatic rings. The first kappa shape index (κ1) is 26.5. The first-order chi connectivity index (χ1) is 19.1. The molecule has 212 valence electrons. The third-order valence-corrected chi connectivity index (χ3v) is 7.83. The number of hydrogen-bond acceptors (Lipinski definition) is 10. The number of anilines is 3. The van der Waals surface area contributed by atoms with Crippen LogP contribution in [0.3, 0.4) is 0 Å². The van der Waals surface area contributed by atoms with E-state index in [1.807, 2.05) is 16.8 Å². The molecule has 2 amide bonds. The molecule has 12 heteroatoms. The molecule has 6 rings (SSSR count). The molecule has 0 bridgehead atoms. The highest BCUT2D eigenvalue weighted by Crippen LogP contribution is 2.40. The van der Waals surface area contributed by atoms with Gasteiger partial charge < -0.3 is 29.2 Å². The summed E-state index contributed by atoms with van der Waals surface area (Å²) in [5, 5.41) is 3.94. The number of aromatic nitrogens is 4. The molecule has 3 aromatic heterocycles. The molecule has 0 atom stereocenters. The SMILES string of the molecule is CN1CCN(c2ccc(Nc3ncc4cc5n(c4n3)C3(CCOCC3)CN(C(=O)OC(C)(C)C)C5=O)nc2)CC1. The van der Waals surface area contributed by atoms with Crippen LogP contribution in [0.1, 0.15) is 44.1 Å². The van der Waals surface area contributed by atoms with Gasteiger partial charge in [0.2, 0.25) is 5.95 Å². The summed E-state index contributed by atoms with van der Waals surface area (Å²) < 4.78 is 13.2. The number of fused-ring (bicyclic) bond motifs is 4. The Morgan fingerprint density at radius 1 is 1.07 bits per heavy atom. The van der Waals surface area contributed by atoms with E-state index in [0.717, 1.165) is 37.3 Å². The highest BCUT2D eigenvalue weighted by Gasteiger charge is 2.48. The second-order valence-corrected chi connectivity index (χ2v) is 11.9. The number of amides is 2. The van der Waals surface area contributed by atoms with Crippen LogP contribution in [0, 0.1) is 0 Å². The summed E-state index contributed by atoms with van der Waals surface area (Å²) in [7, 11) is 2.14. The van der Waals surface area contributed by atoms with Gasteiger partial charge in [-0.2, -0.15) is 4.98 Å². The fourth-order valence-corrected chi connectivity index (χ4v) is 5.69. The molecular weight excluding hydrogens is 512 g/mol. The molecule has 0 aliphatic carbocycles. The number of likely N-dealkylation sites (N-methyl/N-ethyl adjacent to an activating group) is 1. The molecule has 3 aliphatic rings. The lowest BCUT2D eigenvalue weighted by molar-refractivity contribution is -0.0175. The third kappa shape index (κ3) is 4.97. The molecular formula is C28H36N8O4. The molecule has 40 heavy (non-hydrogen) atoms. The van der Waals surface area contributed by atoms with Crippen molar-refractivity contribution in [1.29, 1.82) is 0 Å². The zero-order valence-electron chi connectivity index (χ0n) is 23.5. The molecule has 6 heterocycles. The van der Waals surface area contributed by atoms with E-state index in [9.17, 15) is 9.59 Å². The van der Waals surface area contributed by atoms with Crippen molar-refractivity contribution in [3.63, 3.8) is 0 Å². The fraction of sp³-hybridized carbons (Fsp3) is 0.536. The minimum absolute atomic E-state index is 0.197. The Hall–Kier alpha value is -3.77. The summed E-state index contributed by atoms with van der Waals surface area (Å²) in [5.41, 5.74) is 0.863. The Balaban J connectivity index is 1.30. The lowest BCUT2D eigenvalue weighted by Gasteiger charge is -2.45. The van der Waals surface area contributed by atoms with Crippen LogP contribution < -0.4 is 10.2 Å². The number of rotatable bonds is 3. The Kier molecular flexibility index (Phi) is 6.62. The van der Waals surface area contributed by atoms with Gasteiger partial charge in [0, 0.05) is 51.0 Å². The summed E-state index contributed by atoms with van der Waals surface area (Å²) in [6.07, 6.45) is 4.20. The maximum Gasteiger partial charge on any atom is 0.417 e. The normalized spacial score (nSPS) is 19.6. The van der Waals surface area contributed by atoms with Gasteiger partial charge in [0.15, 0.2) is 0 Å². The van der Waals surface area contributed by atoms with Crippen molar-refractivity contribution in [2.24, 2.45) is 0 Å². The van der Waals surface area contributed by atoms with Gasteiger partial charge in [-0.3, -0.25) is 4.79 Å². The van der Waals surface area contributed by atoms with Crippen LogP contribution >= 0.6 is 0 Å². The summed E-state index contributed by atoms with van der Waals surface area (Å²) in [5.74, 6) is 0.619. The number of carbonyl (C=O) groups is 2. The standard InChI is InChI=1S/C28H36N8O4/c1-27(2,3)40-26(38)35-18-28(7-13-39-14-8-28)36-21(24(35)37)15-19-16-30-25(32-23(19)36)31-22-6-5-20(17-29-22)34-11-9-33(4)10-12-34/h5-6,15-17H,7-14,18H2,1-4H3,(H,29,30,31,32). The molecule has 2 fully saturated rings. The van der Waals surface area contributed by atoms with Crippen molar-refractivity contribution in [2.45, 2.75) is 44.8 Å². The second kappa shape index (κ2) is 10.0. The van der Waals surface area contributed by atoms with Gasteiger partial charge in [0.25, 0.3) is 5.91 Å². The summed E-state index contributed by atoms with van der Waals surface area (Å²) in [4.78, 5) is 46.5.